The maximum absolute atomic E-state index is 12.1. The first kappa shape index (κ1) is 17.7. The number of hydrogen-bond donors (Lipinski definition) is 0. The molecule has 1 saturated heterocycles. The summed E-state index contributed by atoms with van der Waals surface area (Å²) in [6.07, 6.45) is 1.76. The zero-order valence-electron chi connectivity index (χ0n) is 15.0. The van der Waals surface area contributed by atoms with Crippen LogP contribution in [0.5, 0.6) is 0 Å². The molecule has 0 atom stereocenters. The molecule has 0 aliphatic carbocycles. The fourth-order valence-electron chi connectivity index (χ4n) is 3.32. The van der Waals surface area contributed by atoms with Crippen LogP contribution >= 0.6 is 22.7 Å². The van der Waals surface area contributed by atoms with Gasteiger partial charge in [-0.05, 0) is 11.4 Å². The van der Waals surface area contributed by atoms with Crippen LogP contribution in [0.1, 0.15) is 11.6 Å². The number of aromatic nitrogens is 4. The van der Waals surface area contributed by atoms with Gasteiger partial charge in [0.25, 0.3) is 5.56 Å². The Hall–Kier alpha value is -2.40. The Morgan fingerprint density at radius 2 is 1.89 bits per heavy atom. The maximum atomic E-state index is 12.1. The van der Waals surface area contributed by atoms with E-state index in [4.69, 9.17) is 4.52 Å². The molecule has 28 heavy (non-hydrogen) atoms. The first-order chi connectivity index (χ1) is 13.7. The lowest BCUT2D eigenvalue weighted by Crippen LogP contribution is -2.45. The minimum Gasteiger partial charge on any atom is -0.338 e. The van der Waals surface area contributed by atoms with Gasteiger partial charge in [0.2, 0.25) is 11.7 Å². The molecule has 0 aromatic carbocycles. The lowest BCUT2D eigenvalue weighted by Gasteiger charge is -2.33. The summed E-state index contributed by atoms with van der Waals surface area (Å²) in [4.78, 5) is 26.6. The molecule has 1 aliphatic rings. The van der Waals surface area contributed by atoms with Crippen molar-refractivity contribution in [2.75, 3.05) is 26.2 Å². The average molecular weight is 415 g/mol. The van der Waals surface area contributed by atoms with Crippen LogP contribution in [0, 0.1) is 0 Å². The van der Waals surface area contributed by atoms with Crippen LogP contribution in [0.15, 0.2) is 43.8 Å². The number of thiophene rings is 1. The summed E-state index contributed by atoms with van der Waals surface area (Å²) in [5.74, 6) is 1.30. The third-order valence-electron chi connectivity index (χ3n) is 4.81. The molecule has 1 fully saturated rings. The standard InChI is InChI=1S/C18H18N6O2S2/c25-16-9-14(19-18-24(16)6-8-28-18)10-22-2-4-23(5-3-22)11-15-20-17(21-26-15)13-1-7-27-12-13/h1,6-9,12H,2-5,10-11H2. The zero-order chi connectivity index (χ0) is 18.9. The molecule has 0 saturated carbocycles. The highest BCUT2D eigenvalue weighted by atomic mass is 32.1. The second-order valence-corrected chi connectivity index (χ2v) is 8.37. The Morgan fingerprint density at radius 3 is 2.68 bits per heavy atom. The van der Waals surface area contributed by atoms with E-state index in [-0.39, 0.29) is 5.56 Å². The van der Waals surface area contributed by atoms with E-state index in [1.54, 1.807) is 28.0 Å². The van der Waals surface area contributed by atoms with Crippen LogP contribution in [0.25, 0.3) is 16.3 Å². The fraction of sp³-hybridized carbons (Fsp3) is 0.333. The van der Waals surface area contributed by atoms with E-state index in [0.29, 0.717) is 24.8 Å². The van der Waals surface area contributed by atoms with E-state index < -0.39 is 0 Å². The predicted molar refractivity (Wildman–Crippen MR) is 108 cm³/mol. The van der Waals surface area contributed by atoms with Gasteiger partial charge in [-0.1, -0.05) is 5.16 Å². The van der Waals surface area contributed by atoms with E-state index in [1.807, 2.05) is 22.2 Å². The Bertz CT molecular complexity index is 1120. The molecule has 144 valence electrons. The predicted octanol–water partition coefficient (Wildman–Crippen LogP) is 2.19. The zero-order valence-corrected chi connectivity index (χ0v) is 16.7. The average Bonchev–Trinajstić information content (AvgIpc) is 3.44. The van der Waals surface area contributed by atoms with Gasteiger partial charge in [0.1, 0.15) is 0 Å². The van der Waals surface area contributed by atoms with Crippen molar-refractivity contribution in [1.82, 2.24) is 29.3 Å². The Kier molecular flexibility index (Phi) is 4.77. The first-order valence-corrected chi connectivity index (χ1v) is 10.8. The number of fused-ring (bicyclic) bond motifs is 1. The van der Waals surface area contributed by atoms with E-state index in [9.17, 15) is 4.79 Å². The summed E-state index contributed by atoms with van der Waals surface area (Å²) in [5.41, 5.74) is 1.81. The van der Waals surface area contributed by atoms with Crippen LogP contribution in [0.3, 0.4) is 0 Å². The van der Waals surface area contributed by atoms with Crippen LogP contribution in [-0.2, 0) is 13.1 Å². The highest BCUT2D eigenvalue weighted by Crippen LogP contribution is 2.19. The molecule has 4 aromatic rings. The molecule has 5 rings (SSSR count). The van der Waals surface area contributed by atoms with E-state index in [2.05, 4.69) is 24.9 Å². The van der Waals surface area contributed by atoms with Crippen molar-refractivity contribution in [3.05, 3.63) is 56.4 Å². The summed E-state index contributed by atoms with van der Waals surface area (Å²) >= 11 is 3.10. The van der Waals surface area contributed by atoms with E-state index in [1.165, 1.54) is 11.3 Å². The van der Waals surface area contributed by atoms with Crippen LogP contribution in [0.2, 0.25) is 0 Å². The van der Waals surface area contributed by atoms with Crippen molar-refractivity contribution < 1.29 is 4.52 Å². The molecule has 0 unspecified atom stereocenters. The molecule has 10 heteroatoms. The number of piperazine rings is 1. The smallest absolute Gasteiger partial charge is 0.258 e. The fourth-order valence-corrected chi connectivity index (χ4v) is 4.70. The third-order valence-corrected chi connectivity index (χ3v) is 6.25. The van der Waals surface area contributed by atoms with Crippen LogP contribution in [-0.4, -0.2) is 55.5 Å². The van der Waals surface area contributed by atoms with Crippen LogP contribution in [0.4, 0.5) is 0 Å². The number of nitrogens with zero attached hydrogens (tertiary/aromatic N) is 6. The molecule has 0 radical (unpaired) electrons. The SMILES string of the molecule is O=c1cc(CN2CCN(Cc3nc(-c4ccsc4)no3)CC2)nc2sccn12. The first-order valence-electron chi connectivity index (χ1n) is 9.00. The van der Waals surface area contributed by atoms with Gasteiger partial charge in [-0.2, -0.15) is 16.3 Å². The number of hydrogen-bond acceptors (Lipinski definition) is 9. The summed E-state index contributed by atoms with van der Waals surface area (Å²) in [6.45, 7) is 5.01. The summed E-state index contributed by atoms with van der Waals surface area (Å²) in [5, 5.41) is 9.97. The normalized spacial score (nSPS) is 16.1. The summed E-state index contributed by atoms with van der Waals surface area (Å²) in [7, 11) is 0. The van der Waals surface area contributed by atoms with E-state index in [0.717, 1.165) is 42.4 Å². The van der Waals surface area contributed by atoms with Crippen molar-refractivity contribution in [2.45, 2.75) is 13.1 Å². The molecule has 0 spiro atoms. The van der Waals surface area contributed by atoms with Gasteiger partial charge in [0.15, 0.2) is 4.96 Å². The Labute approximate surface area is 168 Å². The molecule has 8 nitrogen and oxygen atoms in total. The summed E-state index contributed by atoms with van der Waals surface area (Å²) < 4.78 is 6.99. The van der Waals surface area contributed by atoms with Gasteiger partial charge in [0.05, 0.1) is 12.2 Å². The Balaban J connectivity index is 1.18. The minimum atomic E-state index is -0.0160. The molecular weight excluding hydrogens is 396 g/mol. The van der Waals surface area contributed by atoms with Crippen molar-refractivity contribution in [2.24, 2.45) is 0 Å². The highest BCUT2D eigenvalue weighted by molar-refractivity contribution is 7.15. The highest BCUT2D eigenvalue weighted by Gasteiger charge is 2.20. The number of thiazole rings is 1. The van der Waals surface area contributed by atoms with Crippen LogP contribution < -0.4 is 5.56 Å². The molecule has 1 aliphatic heterocycles. The van der Waals surface area contributed by atoms with Gasteiger partial charge in [-0.15, -0.1) is 11.3 Å². The molecule has 0 N–H and O–H groups in total. The largest absolute Gasteiger partial charge is 0.338 e. The molecular formula is C18H18N6O2S2. The van der Waals surface area contributed by atoms with Crippen molar-refractivity contribution >= 4 is 27.6 Å². The lowest BCUT2D eigenvalue weighted by atomic mass is 10.3. The minimum absolute atomic E-state index is 0.0160. The topological polar surface area (TPSA) is 79.8 Å². The van der Waals surface area contributed by atoms with Gasteiger partial charge >= 0.3 is 0 Å². The Morgan fingerprint density at radius 1 is 1.07 bits per heavy atom. The maximum Gasteiger partial charge on any atom is 0.258 e. The van der Waals surface area contributed by atoms with Gasteiger partial charge in [-0.25, -0.2) is 4.98 Å². The number of rotatable bonds is 5. The van der Waals surface area contributed by atoms with Crippen molar-refractivity contribution in [3.8, 4) is 11.4 Å². The van der Waals surface area contributed by atoms with Crippen molar-refractivity contribution in [3.63, 3.8) is 0 Å². The molecule has 0 bridgehead atoms. The van der Waals surface area contributed by atoms with Gasteiger partial charge in [-0.3, -0.25) is 19.0 Å². The van der Waals surface area contributed by atoms with Gasteiger partial charge in [0, 0.05) is 61.3 Å². The van der Waals surface area contributed by atoms with E-state index >= 15 is 0 Å². The molecule has 5 heterocycles. The quantitative estimate of drug-likeness (QED) is 0.495. The van der Waals surface area contributed by atoms with Gasteiger partial charge < -0.3 is 4.52 Å². The summed E-state index contributed by atoms with van der Waals surface area (Å²) in [6, 6.07) is 3.63. The molecule has 0 amide bonds. The lowest BCUT2D eigenvalue weighted by molar-refractivity contribution is 0.111. The van der Waals surface area contributed by atoms with Crippen molar-refractivity contribution in [1.29, 1.82) is 0 Å². The monoisotopic (exact) mass is 414 g/mol. The third kappa shape index (κ3) is 3.63. The molecule has 4 aromatic heterocycles. The second kappa shape index (κ2) is 7.55. The second-order valence-electron chi connectivity index (χ2n) is 6.72.